The van der Waals surface area contributed by atoms with E-state index in [0.717, 1.165) is 0 Å². The van der Waals surface area contributed by atoms with Gasteiger partial charge in [0.05, 0.1) is 5.69 Å². The molecule has 2 aromatic rings. The molecule has 0 bridgehead atoms. The lowest BCUT2D eigenvalue weighted by Crippen LogP contribution is -1.97. The SMILES string of the molecule is Cc1cc(Oc2cccc(C)c2F)c(N)cc1F. The minimum absolute atomic E-state index is 0.0766. The molecule has 0 saturated carbocycles. The van der Waals surface area contributed by atoms with E-state index in [4.69, 9.17) is 10.5 Å². The first-order valence-corrected chi connectivity index (χ1v) is 5.47. The summed E-state index contributed by atoms with van der Waals surface area (Å²) in [6, 6.07) is 7.44. The van der Waals surface area contributed by atoms with Gasteiger partial charge < -0.3 is 10.5 Å². The van der Waals surface area contributed by atoms with E-state index in [0.29, 0.717) is 11.1 Å². The van der Waals surface area contributed by atoms with Gasteiger partial charge in [0.1, 0.15) is 5.82 Å². The fourth-order valence-electron chi connectivity index (χ4n) is 1.58. The van der Waals surface area contributed by atoms with Crippen molar-refractivity contribution in [3.63, 3.8) is 0 Å². The molecule has 2 N–H and O–H groups in total. The van der Waals surface area contributed by atoms with Gasteiger partial charge in [0.25, 0.3) is 0 Å². The lowest BCUT2D eigenvalue weighted by Gasteiger charge is -2.11. The van der Waals surface area contributed by atoms with Crippen LogP contribution in [0.2, 0.25) is 0 Å². The summed E-state index contributed by atoms with van der Waals surface area (Å²) >= 11 is 0. The fourth-order valence-corrected chi connectivity index (χ4v) is 1.58. The molecule has 2 rings (SSSR count). The molecule has 2 nitrogen and oxygen atoms in total. The Hall–Kier alpha value is -2.10. The van der Waals surface area contributed by atoms with Crippen LogP contribution in [0, 0.1) is 25.5 Å². The highest BCUT2D eigenvalue weighted by Gasteiger charge is 2.11. The maximum atomic E-state index is 13.8. The Morgan fingerprint density at radius 2 is 1.72 bits per heavy atom. The summed E-state index contributed by atoms with van der Waals surface area (Å²) in [5, 5.41) is 0. The first-order chi connectivity index (χ1) is 8.49. The van der Waals surface area contributed by atoms with Gasteiger partial charge in [0.2, 0.25) is 0 Å². The van der Waals surface area contributed by atoms with E-state index in [-0.39, 0.29) is 17.2 Å². The van der Waals surface area contributed by atoms with E-state index in [1.165, 1.54) is 18.2 Å². The van der Waals surface area contributed by atoms with Crippen molar-refractivity contribution in [1.29, 1.82) is 0 Å². The zero-order valence-electron chi connectivity index (χ0n) is 10.1. The molecule has 0 amide bonds. The van der Waals surface area contributed by atoms with Gasteiger partial charge in [-0.15, -0.1) is 0 Å². The third-order valence-electron chi connectivity index (χ3n) is 2.67. The number of nitrogens with two attached hydrogens (primary N) is 1. The summed E-state index contributed by atoms with van der Waals surface area (Å²) in [5.41, 5.74) is 6.65. The van der Waals surface area contributed by atoms with Crippen molar-refractivity contribution in [2.24, 2.45) is 0 Å². The van der Waals surface area contributed by atoms with Gasteiger partial charge in [-0.2, -0.15) is 0 Å². The van der Waals surface area contributed by atoms with Crippen LogP contribution >= 0.6 is 0 Å². The zero-order valence-corrected chi connectivity index (χ0v) is 10.1. The number of nitrogen functional groups attached to an aromatic ring is 1. The molecule has 94 valence electrons. The Balaban J connectivity index is 2.40. The Labute approximate surface area is 104 Å². The van der Waals surface area contributed by atoms with Crippen LogP contribution in [-0.2, 0) is 0 Å². The maximum absolute atomic E-state index is 13.8. The van der Waals surface area contributed by atoms with Crippen LogP contribution in [0.4, 0.5) is 14.5 Å². The number of hydrogen-bond donors (Lipinski definition) is 1. The zero-order chi connectivity index (χ0) is 13.3. The van der Waals surface area contributed by atoms with Gasteiger partial charge in [-0.25, -0.2) is 8.78 Å². The summed E-state index contributed by atoms with van der Waals surface area (Å²) < 4.78 is 32.4. The third kappa shape index (κ3) is 2.27. The number of anilines is 1. The predicted octanol–water partition coefficient (Wildman–Crippen LogP) is 3.96. The van der Waals surface area contributed by atoms with Gasteiger partial charge in [-0.3, -0.25) is 0 Å². The molecule has 2 aromatic carbocycles. The van der Waals surface area contributed by atoms with Crippen molar-refractivity contribution in [2.45, 2.75) is 13.8 Å². The Morgan fingerprint density at radius 3 is 2.44 bits per heavy atom. The molecule has 0 aromatic heterocycles. The van der Waals surface area contributed by atoms with Crippen molar-refractivity contribution >= 4 is 5.69 Å². The standard InChI is InChI=1S/C14H13F2NO/c1-8-4-3-5-12(14(8)16)18-13-6-9(2)10(15)7-11(13)17/h3-7H,17H2,1-2H3. The molecule has 0 spiro atoms. The van der Waals surface area contributed by atoms with E-state index in [1.54, 1.807) is 26.0 Å². The molecule has 0 aliphatic carbocycles. The second-order valence-electron chi connectivity index (χ2n) is 4.13. The normalized spacial score (nSPS) is 10.4. The van der Waals surface area contributed by atoms with E-state index < -0.39 is 11.6 Å². The first kappa shape index (κ1) is 12.4. The van der Waals surface area contributed by atoms with Crippen LogP contribution < -0.4 is 10.5 Å². The van der Waals surface area contributed by atoms with E-state index in [1.807, 2.05) is 0 Å². The first-order valence-electron chi connectivity index (χ1n) is 5.47. The molecule has 4 heteroatoms. The molecule has 0 heterocycles. The van der Waals surface area contributed by atoms with Crippen LogP contribution in [0.15, 0.2) is 30.3 Å². The van der Waals surface area contributed by atoms with Crippen molar-refractivity contribution in [2.75, 3.05) is 5.73 Å². The van der Waals surface area contributed by atoms with Crippen molar-refractivity contribution in [3.05, 3.63) is 53.1 Å². The minimum Gasteiger partial charge on any atom is -0.452 e. The summed E-state index contributed by atoms with van der Waals surface area (Å²) in [6.07, 6.45) is 0. The lowest BCUT2D eigenvalue weighted by molar-refractivity contribution is 0.440. The molecule has 18 heavy (non-hydrogen) atoms. The molecular formula is C14H13F2NO. The van der Waals surface area contributed by atoms with Gasteiger partial charge in [0.15, 0.2) is 17.3 Å². The Kier molecular flexibility index (Phi) is 3.19. The molecule has 0 radical (unpaired) electrons. The number of ether oxygens (including phenoxy) is 1. The third-order valence-corrected chi connectivity index (χ3v) is 2.67. The highest BCUT2D eigenvalue weighted by Crippen LogP contribution is 2.31. The summed E-state index contributed by atoms with van der Waals surface area (Å²) in [6.45, 7) is 3.23. The minimum atomic E-state index is -0.445. The fraction of sp³-hybridized carbons (Fsp3) is 0.143. The molecule has 0 saturated heterocycles. The molecule has 0 aliphatic rings. The maximum Gasteiger partial charge on any atom is 0.168 e. The van der Waals surface area contributed by atoms with E-state index in [9.17, 15) is 8.78 Å². The van der Waals surface area contributed by atoms with Crippen LogP contribution in [0.5, 0.6) is 11.5 Å². The van der Waals surface area contributed by atoms with Crippen LogP contribution in [0.3, 0.4) is 0 Å². The van der Waals surface area contributed by atoms with Crippen LogP contribution in [-0.4, -0.2) is 0 Å². The average Bonchev–Trinajstić information content (AvgIpc) is 2.32. The van der Waals surface area contributed by atoms with E-state index >= 15 is 0 Å². The number of hydrogen-bond acceptors (Lipinski definition) is 2. The van der Waals surface area contributed by atoms with Gasteiger partial charge in [0, 0.05) is 6.07 Å². The number of halogens is 2. The summed E-state index contributed by atoms with van der Waals surface area (Å²) in [7, 11) is 0. The molecule has 0 fully saturated rings. The van der Waals surface area contributed by atoms with Gasteiger partial charge in [-0.05, 0) is 37.1 Å². The predicted molar refractivity (Wildman–Crippen MR) is 66.8 cm³/mol. The second kappa shape index (κ2) is 4.64. The second-order valence-corrected chi connectivity index (χ2v) is 4.13. The molecular weight excluding hydrogens is 236 g/mol. The highest BCUT2D eigenvalue weighted by atomic mass is 19.1. The van der Waals surface area contributed by atoms with Crippen molar-refractivity contribution in [1.82, 2.24) is 0 Å². The summed E-state index contributed by atoms with van der Waals surface area (Å²) in [5.74, 6) is -0.533. The van der Waals surface area contributed by atoms with Gasteiger partial charge in [-0.1, -0.05) is 12.1 Å². The monoisotopic (exact) mass is 249 g/mol. The quantitative estimate of drug-likeness (QED) is 0.818. The molecule has 0 unspecified atom stereocenters. The smallest absolute Gasteiger partial charge is 0.168 e. The largest absolute Gasteiger partial charge is 0.452 e. The number of aryl methyl sites for hydroxylation is 2. The number of rotatable bonds is 2. The number of benzene rings is 2. The average molecular weight is 249 g/mol. The summed E-state index contributed by atoms with van der Waals surface area (Å²) in [4.78, 5) is 0. The van der Waals surface area contributed by atoms with Crippen molar-refractivity contribution in [3.8, 4) is 11.5 Å². The Bertz CT molecular complexity index is 597. The van der Waals surface area contributed by atoms with Crippen LogP contribution in [0.1, 0.15) is 11.1 Å². The van der Waals surface area contributed by atoms with Gasteiger partial charge >= 0.3 is 0 Å². The van der Waals surface area contributed by atoms with Crippen molar-refractivity contribution < 1.29 is 13.5 Å². The van der Waals surface area contributed by atoms with E-state index in [2.05, 4.69) is 0 Å². The topological polar surface area (TPSA) is 35.2 Å². The molecule has 0 atom stereocenters. The highest BCUT2D eigenvalue weighted by molar-refractivity contribution is 5.56. The van der Waals surface area contributed by atoms with Crippen LogP contribution in [0.25, 0.3) is 0 Å². The Morgan fingerprint density at radius 1 is 1.00 bits per heavy atom. The lowest BCUT2D eigenvalue weighted by atomic mass is 10.2. The molecule has 0 aliphatic heterocycles.